The van der Waals surface area contributed by atoms with Gasteiger partial charge in [0.2, 0.25) is 5.91 Å². The zero-order valence-corrected chi connectivity index (χ0v) is 17.8. The van der Waals surface area contributed by atoms with E-state index in [9.17, 15) is 4.79 Å². The molecule has 2 aromatic heterocycles. The van der Waals surface area contributed by atoms with Crippen LogP contribution in [0.3, 0.4) is 0 Å². The monoisotopic (exact) mass is 441 g/mol. The fraction of sp³-hybridized carbons (Fsp3) is 0.0952. The molecular formula is C21H16ClN3O2S2. The van der Waals surface area contributed by atoms with Crippen LogP contribution in [0.4, 0.5) is 5.69 Å². The molecule has 0 aliphatic heterocycles. The number of thiophene rings is 1. The van der Waals surface area contributed by atoms with E-state index in [0.29, 0.717) is 16.5 Å². The molecule has 0 unspecified atom stereocenters. The molecule has 29 heavy (non-hydrogen) atoms. The number of anilines is 1. The number of methoxy groups -OCH3 is 1. The normalized spacial score (nSPS) is 10.8. The molecule has 2 heterocycles. The number of aromatic nitrogens is 2. The van der Waals surface area contributed by atoms with Crippen LogP contribution in [0.5, 0.6) is 5.75 Å². The van der Waals surface area contributed by atoms with Crippen molar-refractivity contribution < 1.29 is 9.53 Å². The van der Waals surface area contributed by atoms with E-state index >= 15 is 0 Å². The second-order valence-corrected chi connectivity index (χ2v) is 8.34. The molecule has 0 saturated heterocycles. The highest BCUT2D eigenvalue weighted by Gasteiger charge is 2.15. The number of carbonyl (C=O) groups is 1. The van der Waals surface area contributed by atoms with E-state index in [2.05, 4.69) is 20.7 Å². The molecule has 0 spiro atoms. The first-order valence-electron chi connectivity index (χ1n) is 8.69. The molecule has 1 N–H and O–H groups in total. The average molecular weight is 442 g/mol. The summed E-state index contributed by atoms with van der Waals surface area (Å²) in [5, 5.41) is 7.37. The van der Waals surface area contributed by atoms with E-state index in [0.717, 1.165) is 26.4 Å². The molecule has 0 aliphatic carbocycles. The Hall–Kier alpha value is -2.61. The molecule has 5 nitrogen and oxygen atoms in total. The van der Waals surface area contributed by atoms with Crippen LogP contribution in [0.2, 0.25) is 5.02 Å². The Balaban J connectivity index is 1.54. The van der Waals surface area contributed by atoms with E-state index in [1.54, 1.807) is 24.5 Å². The van der Waals surface area contributed by atoms with Crippen LogP contribution < -0.4 is 10.1 Å². The lowest BCUT2D eigenvalue weighted by molar-refractivity contribution is -0.113. The van der Waals surface area contributed by atoms with Crippen LogP contribution in [0, 0.1) is 0 Å². The highest BCUT2D eigenvalue weighted by atomic mass is 35.5. The Morgan fingerprint density at radius 2 is 2.03 bits per heavy atom. The van der Waals surface area contributed by atoms with Crippen molar-refractivity contribution in [2.45, 2.75) is 5.03 Å². The first-order valence-corrected chi connectivity index (χ1v) is 10.9. The number of halogens is 1. The van der Waals surface area contributed by atoms with Crippen molar-refractivity contribution in [1.82, 2.24) is 9.97 Å². The maximum Gasteiger partial charge on any atom is 0.234 e. The topological polar surface area (TPSA) is 64.1 Å². The van der Waals surface area contributed by atoms with Crippen LogP contribution in [-0.4, -0.2) is 28.7 Å². The molecule has 1 amide bonds. The van der Waals surface area contributed by atoms with Gasteiger partial charge in [-0.15, -0.1) is 11.3 Å². The summed E-state index contributed by atoms with van der Waals surface area (Å²) in [5.41, 5.74) is 2.77. The zero-order valence-electron chi connectivity index (χ0n) is 15.4. The van der Waals surface area contributed by atoms with Crippen LogP contribution >= 0.6 is 34.7 Å². The van der Waals surface area contributed by atoms with Gasteiger partial charge in [0, 0.05) is 27.7 Å². The van der Waals surface area contributed by atoms with Gasteiger partial charge in [-0.3, -0.25) is 4.79 Å². The molecule has 0 saturated carbocycles. The van der Waals surface area contributed by atoms with Crippen molar-refractivity contribution in [2.24, 2.45) is 0 Å². The number of nitrogens with one attached hydrogen (secondary N) is 1. The van der Waals surface area contributed by atoms with Crippen molar-refractivity contribution in [2.75, 3.05) is 18.2 Å². The maximum absolute atomic E-state index is 12.4. The molecule has 0 aliphatic rings. The van der Waals surface area contributed by atoms with Crippen molar-refractivity contribution >= 4 is 56.5 Å². The molecule has 4 aromatic rings. The van der Waals surface area contributed by atoms with Gasteiger partial charge in [0.05, 0.1) is 18.2 Å². The smallest absolute Gasteiger partial charge is 0.234 e. The van der Waals surface area contributed by atoms with Gasteiger partial charge < -0.3 is 10.1 Å². The Kier molecular flexibility index (Phi) is 5.99. The minimum Gasteiger partial charge on any atom is -0.497 e. The fourth-order valence-electron chi connectivity index (χ4n) is 2.83. The van der Waals surface area contributed by atoms with Gasteiger partial charge in [-0.1, -0.05) is 41.6 Å². The molecular weight excluding hydrogens is 426 g/mol. The van der Waals surface area contributed by atoms with Crippen LogP contribution in [0.15, 0.2) is 65.3 Å². The van der Waals surface area contributed by atoms with Gasteiger partial charge in [-0.25, -0.2) is 9.97 Å². The molecule has 4 rings (SSSR count). The molecule has 146 valence electrons. The van der Waals surface area contributed by atoms with E-state index in [1.807, 2.05) is 42.5 Å². The number of hydrogen-bond donors (Lipinski definition) is 1. The lowest BCUT2D eigenvalue weighted by Crippen LogP contribution is -2.14. The number of nitrogens with zero attached hydrogens (tertiary/aromatic N) is 2. The number of thioether (sulfide) groups is 1. The van der Waals surface area contributed by atoms with Crippen LogP contribution in [0.1, 0.15) is 0 Å². The minimum absolute atomic E-state index is 0.113. The van der Waals surface area contributed by atoms with Crippen LogP contribution in [0.25, 0.3) is 21.3 Å². The summed E-state index contributed by atoms with van der Waals surface area (Å²) in [5.74, 6) is 0.816. The van der Waals surface area contributed by atoms with Crippen LogP contribution in [-0.2, 0) is 4.79 Å². The van der Waals surface area contributed by atoms with Crippen molar-refractivity contribution in [3.63, 3.8) is 0 Å². The van der Waals surface area contributed by atoms with Crippen molar-refractivity contribution in [3.05, 3.63) is 65.3 Å². The Labute approximate surface area is 181 Å². The second-order valence-electron chi connectivity index (χ2n) is 6.08. The molecule has 2 aromatic carbocycles. The number of amides is 1. The fourth-order valence-corrected chi connectivity index (χ4v) is 4.75. The SMILES string of the molecule is COc1cccc(NC(=O)CSc2ncnc3scc(-c4ccc(Cl)cc4)c23)c1. The third-order valence-corrected chi connectivity index (χ3v) is 6.31. The molecule has 0 bridgehead atoms. The Morgan fingerprint density at radius 3 is 2.83 bits per heavy atom. The first kappa shape index (κ1) is 19.7. The second kappa shape index (κ2) is 8.82. The number of hydrogen-bond acceptors (Lipinski definition) is 6. The predicted molar refractivity (Wildman–Crippen MR) is 120 cm³/mol. The van der Waals surface area contributed by atoms with E-state index in [-0.39, 0.29) is 11.7 Å². The summed E-state index contributed by atoms with van der Waals surface area (Å²) in [6.07, 6.45) is 1.53. The van der Waals surface area contributed by atoms with E-state index in [1.165, 1.54) is 18.1 Å². The van der Waals surface area contributed by atoms with Crippen molar-refractivity contribution in [1.29, 1.82) is 0 Å². The van der Waals surface area contributed by atoms with Gasteiger partial charge in [0.25, 0.3) is 0 Å². The van der Waals surface area contributed by atoms with Gasteiger partial charge in [0.15, 0.2) is 0 Å². The summed E-state index contributed by atoms with van der Waals surface area (Å²) >= 11 is 8.96. The first-order chi connectivity index (χ1) is 14.1. The third kappa shape index (κ3) is 4.53. The quantitative estimate of drug-likeness (QED) is 0.305. The van der Waals surface area contributed by atoms with Gasteiger partial charge >= 0.3 is 0 Å². The third-order valence-electron chi connectivity index (χ3n) is 4.18. The molecule has 0 fully saturated rings. The Morgan fingerprint density at radius 1 is 1.21 bits per heavy atom. The number of fused-ring (bicyclic) bond motifs is 1. The average Bonchev–Trinajstić information content (AvgIpc) is 3.18. The summed E-state index contributed by atoms with van der Waals surface area (Å²) < 4.78 is 5.19. The maximum atomic E-state index is 12.4. The number of rotatable bonds is 6. The minimum atomic E-state index is -0.113. The molecule has 0 radical (unpaired) electrons. The lowest BCUT2D eigenvalue weighted by atomic mass is 10.1. The number of carbonyl (C=O) groups excluding carboxylic acids is 1. The predicted octanol–water partition coefficient (Wildman–Crippen LogP) is 5.75. The van der Waals surface area contributed by atoms with Gasteiger partial charge in [-0.05, 0) is 29.8 Å². The summed E-state index contributed by atoms with van der Waals surface area (Å²) in [6.45, 7) is 0. The van der Waals surface area contributed by atoms with E-state index < -0.39 is 0 Å². The number of benzene rings is 2. The van der Waals surface area contributed by atoms with E-state index in [4.69, 9.17) is 16.3 Å². The molecule has 8 heteroatoms. The summed E-state index contributed by atoms with van der Waals surface area (Å²) in [6, 6.07) is 14.9. The van der Waals surface area contributed by atoms with Crippen molar-refractivity contribution in [3.8, 4) is 16.9 Å². The lowest BCUT2D eigenvalue weighted by Gasteiger charge is -2.08. The largest absolute Gasteiger partial charge is 0.497 e. The standard InChI is InChI=1S/C21H16ClN3O2S2/c1-27-16-4-2-3-15(9-16)25-18(26)11-29-21-19-17(10-28-20(19)23-12-24-21)13-5-7-14(22)8-6-13/h2-10,12H,11H2,1H3,(H,25,26). The van der Waals surface area contributed by atoms with Gasteiger partial charge in [0.1, 0.15) is 21.9 Å². The zero-order chi connectivity index (χ0) is 20.2. The van der Waals surface area contributed by atoms with Gasteiger partial charge in [-0.2, -0.15) is 0 Å². The Bertz CT molecular complexity index is 1160. The number of ether oxygens (including phenoxy) is 1. The highest BCUT2D eigenvalue weighted by Crippen LogP contribution is 2.38. The highest BCUT2D eigenvalue weighted by molar-refractivity contribution is 8.00. The summed E-state index contributed by atoms with van der Waals surface area (Å²) in [4.78, 5) is 22.1. The summed E-state index contributed by atoms with van der Waals surface area (Å²) in [7, 11) is 1.59. The molecule has 0 atom stereocenters.